The van der Waals surface area contributed by atoms with Crippen molar-refractivity contribution in [3.8, 4) is 23.2 Å². The van der Waals surface area contributed by atoms with E-state index < -0.39 is 0 Å². The second kappa shape index (κ2) is 10.4. The molecule has 0 radical (unpaired) electrons. The maximum absolute atomic E-state index is 5.46. The molecule has 0 fully saturated rings. The summed E-state index contributed by atoms with van der Waals surface area (Å²) in [6, 6.07) is 21.6. The molecule has 0 spiro atoms. The molecule has 2 heterocycles. The maximum Gasteiger partial charge on any atom is 0.241 e. The summed E-state index contributed by atoms with van der Waals surface area (Å²) >= 11 is 0. The first kappa shape index (κ1) is 23.9. The summed E-state index contributed by atoms with van der Waals surface area (Å²) in [5.74, 6) is 2.92. The minimum Gasteiger partial charge on any atom is -0.493 e. The van der Waals surface area contributed by atoms with Gasteiger partial charge in [0.25, 0.3) is 0 Å². The molecular formula is C27H27N7O3. The van der Waals surface area contributed by atoms with Crippen LogP contribution < -0.4 is 24.8 Å². The minimum absolute atomic E-state index is 0.00965. The lowest BCUT2D eigenvalue weighted by Gasteiger charge is -2.16. The molecule has 0 aliphatic rings. The Morgan fingerprint density at radius 3 is 2.22 bits per heavy atom. The molecule has 37 heavy (non-hydrogen) atoms. The average Bonchev–Trinajstić information content (AvgIpc) is 3.30. The lowest BCUT2D eigenvalue weighted by atomic mass is 10.1. The van der Waals surface area contributed by atoms with Gasteiger partial charge >= 0.3 is 0 Å². The Hall–Kier alpha value is -4.86. The number of hydrogen-bond donors (Lipinski definition) is 2. The van der Waals surface area contributed by atoms with Crippen LogP contribution in [0.3, 0.4) is 0 Å². The van der Waals surface area contributed by atoms with E-state index in [0.29, 0.717) is 40.8 Å². The molecule has 0 saturated heterocycles. The van der Waals surface area contributed by atoms with Crippen molar-refractivity contribution in [1.29, 1.82) is 0 Å². The zero-order chi connectivity index (χ0) is 25.8. The van der Waals surface area contributed by atoms with Gasteiger partial charge in [0.1, 0.15) is 6.33 Å². The number of benzene rings is 3. The van der Waals surface area contributed by atoms with Crippen LogP contribution in [0.5, 0.6) is 17.2 Å². The Bertz CT molecular complexity index is 1500. The number of ether oxygens (including phenoxy) is 3. The van der Waals surface area contributed by atoms with Gasteiger partial charge in [-0.05, 0) is 24.6 Å². The summed E-state index contributed by atoms with van der Waals surface area (Å²) in [6.07, 6.45) is 1.46. The number of methoxy groups -OCH3 is 3. The van der Waals surface area contributed by atoms with E-state index in [9.17, 15) is 0 Å². The van der Waals surface area contributed by atoms with Crippen molar-refractivity contribution in [2.75, 3.05) is 32.0 Å². The molecule has 0 aliphatic heterocycles. The molecule has 1 unspecified atom stereocenters. The van der Waals surface area contributed by atoms with Crippen molar-refractivity contribution >= 4 is 28.6 Å². The van der Waals surface area contributed by atoms with E-state index >= 15 is 0 Å². The number of para-hydroxylation sites is 2. The number of nitrogens with one attached hydrogen (secondary N) is 2. The highest BCUT2D eigenvalue weighted by Crippen LogP contribution is 2.40. The van der Waals surface area contributed by atoms with Crippen molar-refractivity contribution in [1.82, 2.24) is 24.5 Å². The molecule has 0 bridgehead atoms. The Morgan fingerprint density at radius 1 is 0.811 bits per heavy atom. The standard InChI is InChI=1S/C27H27N7O3/c1-17(18-10-6-5-7-11-18)30-27-32-20-12-8-9-13-21(20)34(27)26-29-16-28-25(33-26)31-19-14-22(35-2)24(37-4)23(15-19)36-3/h5-17H,1-4H3,(H,30,32)(H,28,29,31,33). The van der Waals surface area contributed by atoms with Crippen molar-refractivity contribution in [3.05, 3.63) is 78.6 Å². The predicted octanol–water partition coefficient (Wildman–Crippen LogP) is 5.15. The summed E-state index contributed by atoms with van der Waals surface area (Å²) < 4.78 is 18.2. The zero-order valence-electron chi connectivity index (χ0n) is 21.0. The SMILES string of the molecule is COc1cc(Nc2ncnc(-n3c(NC(C)c4ccccc4)nc4ccccc43)n2)cc(OC)c1OC. The zero-order valence-corrected chi connectivity index (χ0v) is 21.0. The van der Waals surface area contributed by atoms with Crippen LogP contribution in [0, 0.1) is 0 Å². The number of hydrogen-bond acceptors (Lipinski definition) is 9. The van der Waals surface area contributed by atoms with Crippen LogP contribution in [0.1, 0.15) is 18.5 Å². The third kappa shape index (κ3) is 4.81. The summed E-state index contributed by atoms with van der Waals surface area (Å²) in [6.45, 7) is 2.09. The van der Waals surface area contributed by atoms with Crippen LogP contribution in [0.2, 0.25) is 0 Å². The summed E-state index contributed by atoms with van der Waals surface area (Å²) in [5.41, 5.74) is 3.50. The van der Waals surface area contributed by atoms with Gasteiger partial charge in [0.15, 0.2) is 11.5 Å². The fourth-order valence-electron chi connectivity index (χ4n) is 4.08. The van der Waals surface area contributed by atoms with Crippen molar-refractivity contribution in [3.63, 3.8) is 0 Å². The van der Waals surface area contributed by atoms with Gasteiger partial charge in [0, 0.05) is 17.8 Å². The fourth-order valence-corrected chi connectivity index (χ4v) is 4.08. The molecule has 0 aliphatic carbocycles. The largest absolute Gasteiger partial charge is 0.493 e. The number of anilines is 3. The van der Waals surface area contributed by atoms with Gasteiger partial charge in [-0.2, -0.15) is 4.98 Å². The molecule has 5 aromatic rings. The molecule has 5 rings (SSSR count). The summed E-state index contributed by atoms with van der Waals surface area (Å²) in [7, 11) is 4.69. The van der Waals surface area contributed by atoms with E-state index in [1.54, 1.807) is 33.5 Å². The van der Waals surface area contributed by atoms with Crippen LogP contribution in [-0.2, 0) is 0 Å². The molecule has 10 nitrogen and oxygen atoms in total. The predicted molar refractivity (Wildman–Crippen MR) is 142 cm³/mol. The van der Waals surface area contributed by atoms with Crippen molar-refractivity contribution < 1.29 is 14.2 Å². The Kier molecular flexibility index (Phi) is 6.71. The highest BCUT2D eigenvalue weighted by Gasteiger charge is 2.18. The first-order chi connectivity index (χ1) is 18.1. The van der Waals surface area contributed by atoms with Crippen molar-refractivity contribution in [2.24, 2.45) is 0 Å². The molecule has 1 atom stereocenters. The quantitative estimate of drug-likeness (QED) is 0.286. The van der Waals surface area contributed by atoms with Gasteiger partial charge in [-0.15, -0.1) is 0 Å². The second-order valence-electron chi connectivity index (χ2n) is 8.18. The van der Waals surface area contributed by atoms with Gasteiger partial charge in [-0.25, -0.2) is 19.5 Å². The van der Waals surface area contributed by atoms with E-state index in [1.165, 1.54) is 6.33 Å². The van der Waals surface area contributed by atoms with E-state index in [0.717, 1.165) is 16.6 Å². The van der Waals surface area contributed by atoms with Crippen LogP contribution in [0.15, 0.2) is 73.1 Å². The van der Waals surface area contributed by atoms with Gasteiger partial charge in [0.2, 0.25) is 23.6 Å². The maximum atomic E-state index is 5.46. The van der Waals surface area contributed by atoms with E-state index in [2.05, 4.69) is 39.7 Å². The van der Waals surface area contributed by atoms with Gasteiger partial charge in [-0.3, -0.25) is 0 Å². The molecular weight excluding hydrogens is 470 g/mol. The molecule has 0 amide bonds. The van der Waals surface area contributed by atoms with Crippen molar-refractivity contribution in [2.45, 2.75) is 13.0 Å². The number of rotatable bonds is 9. The lowest BCUT2D eigenvalue weighted by molar-refractivity contribution is 0.324. The first-order valence-electron chi connectivity index (χ1n) is 11.7. The average molecular weight is 498 g/mol. The molecule has 2 N–H and O–H groups in total. The molecule has 3 aromatic carbocycles. The van der Waals surface area contributed by atoms with Crippen LogP contribution in [0.25, 0.3) is 17.0 Å². The van der Waals surface area contributed by atoms with Gasteiger partial charge < -0.3 is 24.8 Å². The number of aromatic nitrogens is 5. The van der Waals surface area contributed by atoms with Gasteiger partial charge in [0.05, 0.1) is 38.4 Å². The topological polar surface area (TPSA) is 108 Å². The summed E-state index contributed by atoms with van der Waals surface area (Å²) in [5, 5.41) is 6.72. The Morgan fingerprint density at radius 2 is 1.51 bits per heavy atom. The third-order valence-electron chi connectivity index (χ3n) is 5.89. The molecule has 2 aromatic heterocycles. The van der Waals surface area contributed by atoms with Crippen LogP contribution in [-0.4, -0.2) is 45.8 Å². The van der Waals surface area contributed by atoms with Gasteiger partial charge in [-0.1, -0.05) is 42.5 Å². The second-order valence-corrected chi connectivity index (χ2v) is 8.18. The number of fused-ring (bicyclic) bond motifs is 1. The number of nitrogens with zero attached hydrogens (tertiary/aromatic N) is 5. The molecule has 188 valence electrons. The smallest absolute Gasteiger partial charge is 0.241 e. The van der Waals surface area contributed by atoms with Crippen LogP contribution in [0.4, 0.5) is 17.6 Å². The van der Waals surface area contributed by atoms with E-state index in [-0.39, 0.29) is 6.04 Å². The van der Waals surface area contributed by atoms with Crippen LogP contribution >= 0.6 is 0 Å². The fraction of sp³-hybridized carbons (Fsp3) is 0.185. The minimum atomic E-state index is 0.00965. The summed E-state index contributed by atoms with van der Waals surface area (Å²) in [4.78, 5) is 18.3. The third-order valence-corrected chi connectivity index (χ3v) is 5.89. The highest BCUT2D eigenvalue weighted by atomic mass is 16.5. The van der Waals surface area contributed by atoms with E-state index in [1.807, 2.05) is 47.0 Å². The van der Waals surface area contributed by atoms with E-state index in [4.69, 9.17) is 24.2 Å². The molecule has 10 heteroatoms. The first-order valence-corrected chi connectivity index (χ1v) is 11.7. The number of imidazole rings is 1. The lowest BCUT2D eigenvalue weighted by Crippen LogP contribution is -2.13. The Labute approximate surface area is 214 Å². The Balaban J connectivity index is 1.52. The molecule has 0 saturated carbocycles. The highest BCUT2D eigenvalue weighted by molar-refractivity contribution is 5.80. The monoisotopic (exact) mass is 497 g/mol. The normalized spacial score (nSPS) is 11.7.